The van der Waals surface area contributed by atoms with E-state index in [9.17, 15) is 8.78 Å². The Hall–Kier alpha value is -3.94. The largest absolute Gasteiger partial charge is 0.359 e. The van der Waals surface area contributed by atoms with Crippen LogP contribution in [-0.2, 0) is 6.54 Å². The van der Waals surface area contributed by atoms with E-state index in [-0.39, 0.29) is 11.4 Å². The van der Waals surface area contributed by atoms with E-state index in [1.807, 2.05) is 6.07 Å². The summed E-state index contributed by atoms with van der Waals surface area (Å²) >= 11 is 0. The van der Waals surface area contributed by atoms with E-state index in [0.717, 1.165) is 28.5 Å². The Bertz CT molecular complexity index is 1400. The second-order valence-corrected chi connectivity index (χ2v) is 7.84. The smallest absolute Gasteiger partial charge is 0.169 e. The molecule has 2 aromatic carbocycles. The number of aromatic nitrogens is 5. The van der Waals surface area contributed by atoms with Crippen LogP contribution >= 0.6 is 0 Å². The molecule has 5 rings (SSSR count). The second kappa shape index (κ2) is 7.64. The average molecular weight is 431 g/mol. The van der Waals surface area contributed by atoms with Crippen LogP contribution in [-0.4, -0.2) is 24.9 Å². The molecule has 2 aliphatic rings. The average Bonchev–Trinajstić information content (AvgIpc) is 3.36. The summed E-state index contributed by atoms with van der Waals surface area (Å²) in [6, 6.07) is 10.1. The summed E-state index contributed by atoms with van der Waals surface area (Å²) in [6.07, 6.45) is 3.22. The summed E-state index contributed by atoms with van der Waals surface area (Å²) in [4.78, 5) is 8.62. The quantitative estimate of drug-likeness (QED) is 0.384. The van der Waals surface area contributed by atoms with Crippen molar-refractivity contribution < 1.29 is 13.3 Å². The van der Waals surface area contributed by atoms with Gasteiger partial charge in [0.05, 0.1) is 18.0 Å². The highest BCUT2D eigenvalue weighted by Gasteiger charge is 2.19. The van der Waals surface area contributed by atoms with Gasteiger partial charge >= 0.3 is 0 Å². The molecule has 0 N–H and O–H groups in total. The van der Waals surface area contributed by atoms with E-state index in [0.29, 0.717) is 23.7 Å². The standard InChI is InChI=1S/C24H19F2N5O/c1-13-7-14(2)22(15(3)8-13)19-9-16(32-30-19)11-31-12-21-20(10-27-31)28-24(29-21)17-5-4-6-18(25)23(17)26/h4-10,12H,11H2,1-3H3. The molecule has 160 valence electrons. The molecule has 0 atom stereocenters. The molecular weight excluding hydrogens is 412 g/mol. The predicted octanol–water partition coefficient (Wildman–Crippen LogP) is 5.35. The van der Waals surface area contributed by atoms with Crippen LogP contribution in [0.25, 0.3) is 34.0 Å². The van der Waals surface area contributed by atoms with Gasteiger partial charge in [-0.1, -0.05) is 28.9 Å². The van der Waals surface area contributed by atoms with E-state index in [1.54, 1.807) is 10.9 Å². The minimum atomic E-state index is -0.973. The molecule has 0 amide bonds. The van der Waals surface area contributed by atoms with Gasteiger partial charge in [0.25, 0.3) is 0 Å². The van der Waals surface area contributed by atoms with E-state index >= 15 is 0 Å². The van der Waals surface area contributed by atoms with Crippen LogP contribution in [0.4, 0.5) is 8.78 Å². The first-order valence-corrected chi connectivity index (χ1v) is 10.1. The predicted molar refractivity (Wildman–Crippen MR) is 115 cm³/mol. The number of aryl methyl sites for hydroxylation is 3. The van der Waals surface area contributed by atoms with Crippen molar-refractivity contribution in [2.45, 2.75) is 27.3 Å². The molecule has 3 heterocycles. The van der Waals surface area contributed by atoms with Crippen molar-refractivity contribution in [1.82, 2.24) is 24.9 Å². The minimum Gasteiger partial charge on any atom is -0.359 e. The number of hydrogen-bond acceptors (Lipinski definition) is 5. The normalized spacial score (nSPS) is 11.4. The van der Waals surface area contributed by atoms with Crippen molar-refractivity contribution >= 4 is 0 Å². The maximum atomic E-state index is 14.1. The molecule has 2 aliphatic heterocycles. The molecule has 0 saturated heterocycles. The van der Waals surface area contributed by atoms with Gasteiger partial charge < -0.3 is 4.52 Å². The van der Waals surface area contributed by atoms with Crippen molar-refractivity contribution in [1.29, 1.82) is 0 Å². The van der Waals surface area contributed by atoms with Gasteiger partial charge in [-0.05, 0) is 44.0 Å². The first-order chi connectivity index (χ1) is 15.4. The van der Waals surface area contributed by atoms with Crippen LogP contribution in [0.5, 0.6) is 0 Å². The number of imidazole rings is 1. The lowest BCUT2D eigenvalue weighted by Crippen LogP contribution is -2.04. The van der Waals surface area contributed by atoms with Gasteiger partial charge in [-0.25, -0.2) is 18.7 Å². The summed E-state index contributed by atoms with van der Waals surface area (Å²) in [6.45, 7) is 6.52. The van der Waals surface area contributed by atoms with E-state index in [4.69, 9.17) is 4.52 Å². The lowest BCUT2D eigenvalue weighted by Gasteiger charge is -2.07. The molecule has 0 radical (unpaired) electrons. The SMILES string of the molecule is Cc1cc(C)c(-c2cc(Cn3cc4nc(-c5cccc(F)c5F)nc-4cn3)on2)c(C)c1. The molecular formula is C24H19F2N5O. The highest BCUT2D eigenvalue weighted by atomic mass is 19.2. The van der Waals surface area contributed by atoms with Crippen molar-refractivity contribution in [2.75, 3.05) is 0 Å². The third kappa shape index (κ3) is 3.53. The third-order valence-electron chi connectivity index (χ3n) is 5.32. The van der Waals surface area contributed by atoms with Gasteiger partial charge in [-0.3, -0.25) is 4.68 Å². The van der Waals surface area contributed by atoms with Gasteiger partial charge in [0, 0.05) is 11.6 Å². The van der Waals surface area contributed by atoms with Gasteiger partial charge in [0.15, 0.2) is 23.2 Å². The number of hydrogen-bond donors (Lipinski definition) is 0. The Morgan fingerprint density at radius 3 is 2.47 bits per heavy atom. The first-order valence-electron chi connectivity index (χ1n) is 10.1. The van der Waals surface area contributed by atoms with Gasteiger partial charge in [-0.2, -0.15) is 5.10 Å². The topological polar surface area (TPSA) is 69.6 Å². The third-order valence-corrected chi connectivity index (χ3v) is 5.32. The maximum Gasteiger partial charge on any atom is 0.169 e. The molecule has 0 fully saturated rings. The summed E-state index contributed by atoms with van der Waals surface area (Å²) in [7, 11) is 0. The number of nitrogens with zero attached hydrogens (tertiary/aromatic N) is 5. The second-order valence-electron chi connectivity index (χ2n) is 7.84. The number of rotatable bonds is 4. The Morgan fingerprint density at radius 2 is 1.69 bits per heavy atom. The fourth-order valence-electron chi connectivity index (χ4n) is 3.99. The molecule has 0 bridgehead atoms. The zero-order chi connectivity index (χ0) is 22.4. The molecule has 0 saturated carbocycles. The molecule has 32 heavy (non-hydrogen) atoms. The highest BCUT2D eigenvalue weighted by molar-refractivity contribution is 5.68. The van der Waals surface area contributed by atoms with Crippen LogP contribution < -0.4 is 0 Å². The molecule has 1 aromatic heterocycles. The van der Waals surface area contributed by atoms with Gasteiger partial charge in [0.2, 0.25) is 0 Å². The zero-order valence-electron chi connectivity index (χ0n) is 17.7. The lowest BCUT2D eigenvalue weighted by molar-refractivity contribution is 0.372. The molecule has 0 unspecified atom stereocenters. The van der Waals surface area contributed by atoms with Crippen LogP contribution in [0.2, 0.25) is 0 Å². The van der Waals surface area contributed by atoms with Crippen molar-refractivity contribution in [3.8, 4) is 34.0 Å². The Labute approximate surface area is 182 Å². The Balaban J connectivity index is 1.44. The summed E-state index contributed by atoms with van der Waals surface area (Å²) in [5.41, 5.74) is 6.33. The Morgan fingerprint density at radius 1 is 0.938 bits per heavy atom. The van der Waals surface area contributed by atoms with E-state index in [1.165, 1.54) is 23.9 Å². The maximum absolute atomic E-state index is 14.1. The van der Waals surface area contributed by atoms with Crippen LogP contribution in [0.15, 0.2) is 53.3 Å². The van der Waals surface area contributed by atoms with E-state index < -0.39 is 11.6 Å². The van der Waals surface area contributed by atoms with E-state index in [2.05, 4.69) is 53.1 Å². The fourth-order valence-corrected chi connectivity index (χ4v) is 3.99. The summed E-state index contributed by atoms with van der Waals surface area (Å²) < 4.78 is 34.8. The summed E-state index contributed by atoms with van der Waals surface area (Å²) in [5, 5.41) is 8.57. The monoisotopic (exact) mass is 431 g/mol. The number of halogens is 2. The molecule has 3 aromatic rings. The highest BCUT2D eigenvalue weighted by Crippen LogP contribution is 2.29. The zero-order valence-corrected chi connectivity index (χ0v) is 17.7. The molecule has 6 nitrogen and oxygen atoms in total. The van der Waals surface area contributed by atoms with Crippen LogP contribution in [0.1, 0.15) is 22.5 Å². The first kappa shape index (κ1) is 20.0. The number of fused-ring (bicyclic) bond motifs is 1. The van der Waals surface area contributed by atoms with Gasteiger partial charge in [-0.15, -0.1) is 0 Å². The van der Waals surface area contributed by atoms with Crippen LogP contribution in [0, 0.1) is 32.4 Å². The van der Waals surface area contributed by atoms with Crippen LogP contribution in [0.3, 0.4) is 0 Å². The minimum absolute atomic E-state index is 0.0106. The number of benzene rings is 2. The molecule has 8 heteroatoms. The van der Waals surface area contributed by atoms with Crippen molar-refractivity contribution in [3.63, 3.8) is 0 Å². The fraction of sp³-hybridized carbons (Fsp3) is 0.167. The lowest BCUT2D eigenvalue weighted by atomic mass is 9.97. The van der Waals surface area contributed by atoms with Crippen molar-refractivity contribution in [2.24, 2.45) is 0 Å². The Kier molecular flexibility index (Phi) is 4.77. The van der Waals surface area contributed by atoms with Crippen molar-refractivity contribution in [3.05, 3.63) is 82.9 Å². The molecule has 0 spiro atoms. The van der Waals surface area contributed by atoms with Gasteiger partial charge in [0.1, 0.15) is 23.6 Å². The molecule has 0 aliphatic carbocycles. The summed E-state index contributed by atoms with van der Waals surface area (Å²) in [5.74, 6) is -1.17.